The summed E-state index contributed by atoms with van der Waals surface area (Å²) in [5.74, 6) is 0.0560. The van der Waals surface area contributed by atoms with E-state index in [-0.39, 0.29) is 40.9 Å². The van der Waals surface area contributed by atoms with Gasteiger partial charge >= 0.3 is 11.9 Å². The number of alkyl halides is 3. The molecule has 0 aliphatic heterocycles. The molecule has 1 aliphatic carbocycles. The summed E-state index contributed by atoms with van der Waals surface area (Å²) >= 11 is 0. The van der Waals surface area contributed by atoms with Gasteiger partial charge in [0.1, 0.15) is 11.9 Å². The van der Waals surface area contributed by atoms with Crippen LogP contribution in [0.2, 0.25) is 0 Å². The lowest BCUT2D eigenvalue weighted by Crippen LogP contribution is -2.48. The fraction of sp³-hybridized carbons (Fsp3) is 0.371. The van der Waals surface area contributed by atoms with E-state index in [0.29, 0.717) is 64.5 Å². The van der Waals surface area contributed by atoms with Crippen molar-refractivity contribution in [2.45, 2.75) is 64.1 Å². The summed E-state index contributed by atoms with van der Waals surface area (Å²) in [6.07, 6.45) is -1.48. The van der Waals surface area contributed by atoms with Crippen LogP contribution in [0.4, 0.5) is 18.9 Å². The summed E-state index contributed by atoms with van der Waals surface area (Å²) in [5.41, 5.74) is 7.93. The number of hydrogen-bond donors (Lipinski definition) is 6. The highest BCUT2D eigenvalue weighted by atomic mass is 19.4. The number of halogens is 3. The number of nitrogens with one attached hydrogen (secondary N) is 5. The number of anilines is 1. The number of fused-ring (bicyclic) bond motifs is 2. The van der Waals surface area contributed by atoms with E-state index in [2.05, 4.69) is 30.6 Å². The molecule has 0 bridgehead atoms. The van der Waals surface area contributed by atoms with Crippen LogP contribution in [-0.2, 0) is 22.2 Å². The van der Waals surface area contributed by atoms with Crippen LogP contribution in [0, 0.1) is 11.8 Å². The summed E-state index contributed by atoms with van der Waals surface area (Å²) in [5, 5.41) is 5.77. The van der Waals surface area contributed by atoms with Gasteiger partial charge in [0, 0.05) is 23.9 Å². The Morgan fingerprint density at radius 2 is 1.65 bits per heavy atom. The first-order valence-electron chi connectivity index (χ1n) is 16.1. The molecule has 2 heterocycles. The first-order valence-corrected chi connectivity index (χ1v) is 16.1. The highest BCUT2D eigenvalue weighted by Gasteiger charge is 2.35. The fourth-order valence-corrected chi connectivity index (χ4v) is 6.38. The Labute approximate surface area is 274 Å². The summed E-state index contributed by atoms with van der Waals surface area (Å²) in [6, 6.07) is 13.0. The molecule has 13 heteroatoms. The van der Waals surface area contributed by atoms with E-state index in [1.807, 2.05) is 13.8 Å². The van der Waals surface area contributed by atoms with Crippen LogP contribution in [0.1, 0.15) is 62.4 Å². The number of H-pyrrole nitrogens is 3. The number of nitrogens with two attached hydrogens (primary N) is 1. The second-order valence-corrected chi connectivity index (χ2v) is 12.9. The molecule has 0 saturated heterocycles. The van der Waals surface area contributed by atoms with Crippen molar-refractivity contribution >= 4 is 39.6 Å². The van der Waals surface area contributed by atoms with Crippen molar-refractivity contribution in [3.63, 3.8) is 0 Å². The lowest BCUT2D eigenvalue weighted by atomic mass is 9.81. The molecule has 5 aromatic rings. The lowest BCUT2D eigenvalue weighted by Gasteiger charge is -2.28. The third-order valence-corrected chi connectivity index (χ3v) is 9.16. The molecular weight excluding hydrogens is 623 g/mol. The van der Waals surface area contributed by atoms with E-state index in [9.17, 15) is 27.6 Å². The van der Waals surface area contributed by atoms with Crippen LogP contribution in [0.3, 0.4) is 0 Å². The average Bonchev–Trinajstić information content (AvgIpc) is 3.66. The molecule has 0 spiro atoms. The molecule has 48 heavy (non-hydrogen) atoms. The Morgan fingerprint density at radius 1 is 0.938 bits per heavy atom. The molecule has 0 unspecified atom stereocenters. The number of carbonyl (C=O) groups excluding carboxylic acids is 2. The lowest BCUT2D eigenvalue weighted by molar-refractivity contribution is -0.137. The van der Waals surface area contributed by atoms with Gasteiger partial charge < -0.3 is 31.3 Å². The Bertz CT molecular complexity index is 2000. The van der Waals surface area contributed by atoms with E-state index in [0.717, 1.165) is 18.9 Å². The minimum Gasteiger partial charge on any atom is -0.344 e. The smallest absolute Gasteiger partial charge is 0.344 e. The van der Waals surface area contributed by atoms with E-state index < -0.39 is 23.7 Å². The Kier molecular flexibility index (Phi) is 9.15. The predicted molar refractivity (Wildman–Crippen MR) is 178 cm³/mol. The van der Waals surface area contributed by atoms with Crippen LogP contribution >= 0.6 is 0 Å². The largest absolute Gasteiger partial charge is 0.417 e. The van der Waals surface area contributed by atoms with E-state index in [1.165, 1.54) is 6.07 Å². The first-order chi connectivity index (χ1) is 22.9. The maximum absolute atomic E-state index is 14.2. The summed E-state index contributed by atoms with van der Waals surface area (Å²) in [7, 11) is 0. The van der Waals surface area contributed by atoms with Gasteiger partial charge in [-0.05, 0) is 85.2 Å². The van der Waals surface area contributed by atoms with Crippen LogP contribution in [-0.4, -0.2) is 44.3 Å². The number of aromatic nitrogens is 4. The highest BCUT2D eigenvalue weighted by Crippen LogP contribution is 2.39. The third-order valence-electron chi connectivity index (χ3n) is 9.16. The molecule has 1 aliphatic rings. The zero-order valence-electron chi connectivity index (χ0n) is 26.6. The number of imidazole rings is 2. The van der Waals surface area contributed by atoms with Gasteiger partial charge in [-0.2, -0.15) is 13.2 Å². The second kappa shape index (κ2) is 13.3. The monoisotopic (exact) mass is 661 g/mol. The molecule has 0 radical (unpaired) electrons. The van der Waals surface area contributed by atoms with Crippen LogP contribution in [0.15, 0.2) is 59.4 Å². The number of benzene rings is 3. The zero-order chi connectivity index (χ0) is 34.2. The van der Waals surface area contributed by atoms with Crippen LogP contribution < -0.4 is 22.1 Å². The van der Waals surface area contributed by atoms with E-state index >= 15 is 0 Å². The fourth-order valence-electron chi connectivity index (χ4n) is 6.38. The van der Waals surface area contributed by atoms with Gasteiger partial charge in [-0.25, -0.2) is 9.78 Å². The number of amides is 2. The normalized spacial score (nSPS) is 17.6. The predicted octanol–water partition coefficient (Wildman–Crippen LogP) is 5.97. The third kappa shape index (κ3) is 7.15. The van der Waals surface area contributed by atoms with Crippen LogP contribution in [0.25, 0.3) is 33.2 Å². The average molecular weight is 662 g/mol. The number of carbonyl (C=O) groups is 2. The minimum atomic E-state index is -4.60. The molecule has 2 aromatic heterocycles. The second-order valence-electron chi connectivity index (χ2n) is 12.9. The van der Waals surface area contributed by atoms with Gasteiger partial charge in [0.05, 0.1) is 27.6 Å². The molecule has 6 rings (SSSR count). The quantitative estimate of drug-likeness (QED) is 0.115. The van der Waals surface area contributed by atoms with Gasteiger partial charge in [-0.3, -0.25) is 9.59 Å². The number of aromatic amines is 3. The van der Waals surface area contributed by atoms with Crippen molar-refractivity contribution in [3.8, 4) is 11.1 Å². The van der Waals surface area contributed by atoms with Crippen molar-refractivity contribution in [1.82, 2.24) is 25.3 Å². The molecule has 252 valence electrons. The van der Waals surface area contributed by atoms with Gasteiger partial charge in [-0.15, -0.1) is 0 Å². The minimum absolute atomic E-state index is 0.00868. The molecule has 3 aromatic carbocycles. The van der Waals surface area contributed by atoms with Gasteiger partial charge in [0.2, 0.25) is 11.8 Å². The van der Waals surface area contributed by atoms with Gasteiger partial charge in [-0.1, -0.05) is 38.1 Å². The molecule has 2 amide bonds. The van der Waals surface area contributed by atoms with Crippen molar-refractivity contribution < 1.29 is 22.8 Å². The van der Waals surface area contributed by atoms with Crippen molar-refractivity contribution in [2.75, 3.05) is 11.9 Å². The molecular formula is C35H38F3N7O3. The molecule has 1 fully saturated rings. The van der Waals surface area contributed by atoms with E-state index in [4.69, 9.17) is 5.73 Å². The van der Waals surface area contributed by atoms with E-state index in [1.54, 1.807) is 42.5 Å². The number of hydrogen-bond acceptors (Lipinski definition) is 5. The van der Waals surface area contributed by atoms with Gasteiger partial charge in [0.15, 0.2) is 0 Å². The molecule has 1 atom stereocenters. The topological polar surface area (TPSA) is 162 Å². The van der Waals surface area contributed by atoms with Crippen molar-refractivity contribution in [3.05, 3.63) is 82.0 Å². The maximum Gasteiger partial charge on any atom is 0.417 e. The van der Waals surface area contributed by atoms with Crippen LogP contribution in [0.5, 0.6) is 0 Å². The van der Waals surface area contributed by atoms with Crippen molar-refractivity contribution in [2.24, 2.45) is 17.6 Å². The summed E-state index contributed by atoms with van der Waals surface area (Å²) in [6.45, 7) is 4.39. The maximum atomic E-state index is 14.2. The Hall–Kier alpha value is -4.91. The Balaban J connectivity index is 1.26. The first kappa shape index (κ1) is 33.0. The summed E-state index contributed by atoms with van der Waals surface area (Å²) in [4.78, 5) is 51.5. The standard InChI is InChI=1S/C35H38F3N7O3/c1-18(2)31-41-28-15-24(25(35(36,37)38)16-29(28)42-31)21-7-3-19(4-8-21)13-30(43-32(46)22-9-5-20(17-39)6-10-22)33(47)40-23-11-12-26-27(14-23)45-34(48)44-26/h3-4,7-8,11-12,14-16,18,20,22,30H,5-6,9-10,13,17,39H2,1-2H3,(H,40,47)(H,41,42)(H,43,46)(H2,44,45,48)/t20-,22-,30-/m0/s1. The number of rotatable bonds is 9. The zero-order valence-corrected chi connectivity index (χ0v) is 26.6. The number of nitrogens with zero attached hydrogens (tertiary/aromatic N) is 1. The molecule has 1 saturated carbocycles. The molecule has 10 nitrogen and oxygen atoms in total. The van der Waals surface area contributed by atoms with Gasteiger partial charge in [0.25, 0.3) is 0 Å². The Morgan fingerprint density at radius 3 is 2.31 bits per heavy atom. The molecule has 7 N–H and O–H groups in total. The van der Waals surface area contributed by atoms with Crippen molar-refractivity contribution in [1.29, 1.82) is 0 Å². The highest BCUT2D eigenvalue weighted by molar-refractivity contribution is 5.99. The summed E-state index contributed by atoms with van der Waals surface area (Å²) < 4.78 is 42.6. The SMILES string of the molecule is CC(C)c1nc2cc(C(F)(F)F)c(-c3ccc(C[C@H](NC(=O)[C@H]4CC[C@H](CN)CC4)C(=O)Nc4ccc5[nH]c(=O)[nH]c5c4)cc3)cc2[nH]1.